The number of nitrogens with zero attached hydrogens (tertiary/aromatic N) is 3. The van der Waals surface area contributed by atoms with E-state index in [-0.39, 0.29) is 0 Å². The van der Waals surface area contributed by atoms with Gasteiger partial charge in [0.05, 0.1) is 5.69 Å². The molecule has 5 nitrogen and oxygen atoms in total. The minimum Gasteiger partial charge on any atom is -0.382 e. The molecular formula is C8H11N5. The number of aromatic nitrogens is 4. The maximum Gasteiger partial charge on any atom is 0.145 e. The van der Waals surface area contributed by atoms with Gasteiger partial charge in [-0.05, 0) is 13.0 Å². The van der Waals surface area contributed by atoms with Crippen molar-refractivity contribution in [3.05, 3.63) is 18.3 Å². The fraction of sp³-hybridized carbons (Fsp3) is 0.250. The average Bonchev–Trinajstić information content (AvgIpc) is 2.71. The van der Waals surface area contributed by atoms with Crippen LogP contribution < -0.4 is 5.73 Å². The molecule has 0 saturated carbocycles. The first-order chi connectivity index (χ1) is 6.29. The number of nitrogens with two attached hydrogens (primary N) is 1. The Morgan fingerprint density at radius 2 is 2.46 bits per heavy atom. The van der Waals surface area contributed by atoms with Crippen molar-refractivity contribution < 1.29 is 0 Å². The van der Waals surface area contributed by atoms with Crippen molar-refractivity contribution in [1.29, 1.82) is 0 Å². The summed E-state index contributed by atoms with van der Waals surface area (Å²) in [4.78, 5) is 0. The van der Waals surface area contributed by atoms with E-state index in [0.717, 1.165) is 17.9 Å². The van der Waals surface area contributed by atoms with E-state index in [1.165, 1.54) is 0 Å². The van der Waals surface area contributed by atoms with Crippen molar-refractivity contribution in [3.8, 4) is 11.4 Å². The van der Waals surface area contributed by atoms with Crippen LogP contribution in [0.5, 0.6) is 0 Å². The maximum atomic E-state index is 5.48. The van der Waals surface area contributed by atoms with Crippen LogP contribution >= 0.6 is 0 Å². The van der Waals surface area contributed by atoms with Gasteiger partial charge in [0, 0.05) is 18.8 Å². The second-order valence-corrected chi connectivity index (χ2v) is 2.76. The Labute approximate surface area is 75.6 Å². The lowest BCUT2D eigenvalue weighted by Gasteiger charge is -1.91. The van der Waals surface area contributed by atoms with E-state index < -0.39 is 0 Å². The van der Waals surface area contributed by atoms with Crippen LogP contribution in [0.15, 0.2) is 18.3 Å². The van der Waals surface area contributed by atoms with Crippen LogP contribution in [0.3, 0.4) is 0 Å². The highest BCUT2D eigenvalue weighted by atomic mass is 15.3. The van der Waals surface area contributed by atoms with Gasteiger partial charge in [-0.15, -0.1) is 0 Å². The molecule has 2 aromatic heterocycles. The van der Waals surface area contributed by atoms with Gasteiger partial charge >= 0.3 is 0 Å². The molecule has 0 saturated heterocycles. The van der Waals surface area contributed by atoms with Gasteiger partial charge in [-0.1, -0.05) is 0 Å². The zero-order valence-corrected chi connectivity index (χ0v) is 7.36. The fourth-order valence-corrected chi connectivity index (χ4v) is 1.15. The van der Waals surface area contributed by atoms with Crippen molar-refractivity contribution in [2.24, 2.45) is 0 Å². The molecule has 2 rings (SSSR count). The number of hydrogen-bond acceptors (Lipinski definition) is 3. The van der Waals surface area contributed by atoms with Gasteiger partial charge in [-0.25, -0.2) is 0 Å². The SMILES string of the molecule is CCn1ccc(-c2cc(N)n[nH]2)n1. The summed E-state index contributed by atoms with van der Waals surface area (Å²) in [6, 6.07) is 3.69. The molecule has 13 heavy (non-hydrogen) atoms. The number of nitrogen functional groups attached to an aromatic ring is 1. The molecule has 5 heteroatoms. The van der Waals surface area contributed by atoms with Crippen molar-refractivity contribution in [2.45, 2.75) is 13.5 Å². The number of rotatable bonds is 2. The van der Waals surface area contributed by atoms with Crippen molar-refractivity contribution in [3.63, 3.8) is 0 Å². The number of aryl methyl sites for hydroxylation is 1. The second kappa shape index (κ2) is 2.93. The molecular weight excluding hydrogens is 166 g/mol. The lowest BCUT2D eigenvalue weighted by molar-refractivity contribution is 0.661. The van der Waals surface area contributed by atoms with Gasteiger partial charge < -0.3 is 5.73 Å². The van der Waals surface area contributed by atoms with Crippen LogP contribution in [0, 0.1) is 0 Å². The number of aromatic amines is 1. The zero-order chi connectivity index (χ0) is 9.26. The summed E-state index contributed by atoms with van der Waals surface area (Å²) < 4.78 is 1.85. The minimum absolute atomic E-state index is 0.487. The van der Waals surface area contributed by atoms with E-state index in [4.69, 9.17) is 5.73 Å². The number of H-pyrrole nitrogens is 1. The molecule has 0 radical (unpaired) electrons. The number of nitrogens with one attached hydrogen (secondary N) is 1. The standard InChI is InChI=1S/C8H11N5/c1-2-13-4-3-6(12-13)7-5-8(9)11-10-7/h3-5H,2H2,1H3,(H3,9,10,11). The van der Waals surface area contributed by atoms with Crippen molar-refractivity contribution >= 4 is 5.82 Å². The van der Waals surface area contributed by atoms with Gasteiger partial charge in [0.1, 0.15) is 11.5 Å². The van der Waals surface area contributed by atoms with Gasteiger partial charge in [0.25, 0.3) is 0 Å². The predicted octanol–water partition coefficient (Wildman–Crippen LogP) is 0.875. The molecule has 0 atom stereocenters. The zero-order valence-electron chi connectivity index (χ0n) is 7.36. The minimum atomic E-state index is 0.487. The predicted molar refractivity (Wildman–Crippen MR) is 49.9 cm³/mol. The monoisotopic (exact) mass is 177 g/mol. The Bertz CT molecular complexity index is 400. The third kappa shape index (κ3) is 1.40. The Hall–Kier alpha value is -1.78. The summed E-state index contributed by atoms with van der Waals surface area (Å²) >= 11 is 0. The smallest absolute Gasteiger partial charge is 0.145 e. The van der Waals surface area contributed by atoms with E-state index in [2.05, 4.69) is 15.3 Å². The van der Waals surface area contributed by atoms with Crippen LogP contribution in [-0.4, -0.2) is 20.0 Å². The van der Waals surface area contributed by atoms with Gasteiger partial charge in [0.2, 0.25) is 0 Å². The Balaban J connectivity index is 2.35. The summed E-state index contributed by atoms with van der Waals surface area (Å²) in [5.74, 6) is 0.487. The van der Waals surface area contributed by atoms with Gasteiger partial charge in [-0.2, -0.15) is 10.2 Å². The molecule has 0 unspecified atom stereocenters. The first kappa shape index (κ1) is 7.85. The van der Waals surface area contributed by atoms with Gasteiger partial charge in [0.15, 0.2) is 0 Å². The third-order valence-corrected chi connectivity index (χ3v) is 1.84. The molecule has 3 N–H and O–H groups in total. The van der Waals surface area contributed by atoms with E-state index in [1.54, 1.807) is 6.07 Å². The highest BCUT2D eigenvalue weighted by Crippen LogP contribution is 2.15. The maximum absolute atomic E-state index is 5.48. The Morgan fingerprint density at radius 3 is 3.00 bits per heavy atom. The average molecular weight is 177 g/mol. The van der Waals surface area contributed by atoms with E-state index in [0.29, 0.717) is 5.82 Å². The topological polar surface area (TPSA) is 72.5 Å². The van der Waals surface area contributed by atoms with Crippen LogP contribution in [0.4, 0.5) is 5.82 Å². The Kier molecular flexibility index (Phi) is 1.77. The van der Waals surface area contributed by atoms with Crippen LogP contribution in [-0.2, 0) is 6.54 Å². The molecule has 0 aliphatic rings. The molecule has 0 aliphatic carbocycles. The molecule has 0 aromatic carbocycles. The second-order valence-electron chi connectivity index (χ2n) is 2.76. The fourth-order valence-electron chi connectivity index (χ4n) is 1.15. The van der Waals surface area contributed by atoms with E-state index in [9.17, 15) is 0 Å². The number of hydrogen-bond donors (Lipinski definition) is 2. The Morgan fingerprint density at radius 1 is 1.62 bits per heavy atom. The van der Waals surface area contributed by atoms with Crippen molar-refractivity contribution in [1.82, 2.24) is 20.0 Å². The number of anilines is 1. The largest absolute Gasteiger partial charge is 0.382 e. The summed E-state index contributed by atoms with van der Waals surface area (Å²) in [7, 11) is 0. The third-order valence-electron chi connectivity index (χ3n) is 1.84. The van der Waals surface area contributed by atoms with Crippen LogP contribution in [0.1, 0.15) is 6.92 Å². The first-order valence-electron chi connectivity index (χ1n) is 4.14. The summed E-state index contributed by atoms with van der Waals surface area (Å²) in [6.07, 6.45) is 1.92. The summed E-state index contributed by atoms with van der Waals surface area (Å²) in [6.45, 7) is 2.90. The molecule has 0 aliphatic heterocycles. The quantitative estimate of drug-likeness (QED) is 0.715. The van der Waals surface area contributed by atoms with Crippen molar-refractivity contribution in [2.75, 3.05) is 5.73 Å². The first-order valence-corrected chi connectivity index (χ1v) is 4.14. The molecule has 2 heterocycles. The van der Waals surface area contributed by atoms with E-state index >= 15 is 0 Å². The van der Waals surface area contributed by atoms with Gasteiger partial charge in [-0.3, -0.25) is 9.78 Å². The van der Waals surface area contributed by atoms with Crippen LogP contribution in [0.2, 0.25) is 0 Å². The molecule has 0 amide bonds. The molecule has 2 aromatic rings. The highest BCUT2D eigenvalue weighted by molar-refractivity contribution is 5.56. The molecule has 0 spiro atoms. The van der Waals surface area contributed by atoms with Crippen LogP contribution in [0.25, 0.3) is 11.4 Å². The lowest BCUT2D eigenvalue weighted by Crippen LogP contribution is -1.93. The normalized spacial score (nSPS) is 10.5. The molecule has 68 valence electrons. The lowest BCUT2D eigenvalue weighted by atomic mass is 10.3. The van der Waals surface area contributed by atoms with E-state index in [1.807, 2.05) is 23.9 Å². The summed E-state index contributed by atoms with van der Waals surface area (Å²) in [5, 5.41) is 10.9. The highest BCUT2D eigenvalue weighted by Gasteiger charge is 2.03. The molecule has 0 fully saturated rings. The summed E-state index contributed by atoms with van der Waals surface area (Å²) in [5.41, 5.74) is 7.20. The molecule has 0 bridgehead atoms.